The summed E-state index contributed by atoms with van der Waals surface area (Å²) in [6.45, 7) is 1.96. The van der Waals surface area contributed by atoms with E-state index in [9.17, 15) is 15.3 Å². The molecular weight excluding hydrogens is 384 g/mol. The molecule has 6 unspecified atom stereocenters. The van der Waals surface area contributed by atoms with Crippen molar-refractivity contribution in [2.75, 3.05) is 23.8 Å². The van der Waals surface area contributed by atoms with Crippen molar-refractivity contribution in [2.24, 2.45) is 5.92 Å². The molecule has 0 aliphatic carbocycles. The van der Waals surface area contributed by atoms with E-state index in [0.29, 0.717) is 12.3 Å². The lowest BCUT2D eigenvalue weighted by Gasteiger charge is -2.16. The van der Waals surface area contributed by atoms with Gasteiger partial charge >= 0.3 is 0 Å². The van der Waals surface area contributed by atoms with Gasteiger partial charge in [0.2, 0.25) is 0 Å². The number of ether oxygens (including phenoxy) is 2. The Bertz CT molecular complexity index is 744. The summed E-state index contributed by atoms with van der Waals surface area (Å²) in [4.78, 5) is 0. The van der Waals surface area contributed by atoms with Crippen LogP contribution in [0.4, 0.5) is 11.4 Å². The molecule has 0 saturated carbocycles. The number of anilines is 2. The lowest BCUT2D eigenvalue weighted by atomic mass is 10.0. The highest BCUT2D eigenvalue weighted by atomic mass is 16.5. The maximum absolute atomic E-state index is 9.83. The molecule has 0 spiro atoms. The minimum Gasteiger partial charge on any atom is -0.394 e. The van der Waals surface area contributed by atoms with Crippen molar-refractivity contribution in [3.05, 3.63) is 48.5 Å². The van der Waals surface area contributed by atoms with Crippen molar-refractivity contribution < 1.29 is 24.8 Å². The highest BCUT2D eigenvalue weighted by Gasteiger charge is 2.33. The third-order valence-corrected chi connectivity index (χ3v) is 5.90. The predicted molar refractivity (Wildman–Crippen MR) is 115 cm³/mol. The van der Waals surface area contributed by atoms with Gasteiger partial charge in [-0.1, -0.05) is 31.2 Å². The molecule has 30 heavy (non-hydrogen) atoms. The third kappa shape index (κ3) is 4.77. The van der Waals surface area contributed by atoms with E-state index in [1.165, 1.54) is 0 Å². The van der Waals surface area contributed by atoms with Crippen LogP contribution in [0, 0.1) is 5.92 Å². The number of benzene rings is 2. The predicted octanol–water partition coefficient (Wildman–Crippen LogP) is 2.39. The Balaban J connectivity index is 1.33. The zero-order valence-corrected chi connectivity index (χ0v) is 17.1. The monoisotopic (exact) mass is 414 g/mol. The summed E-state index contributed by atoms with van der Waals surface area (Å²) in [5, 5.41) is 35.0. The van der Waals surface area contributed by atoms with Crippen molar-refractivity contribution in [1.29, 1.82) is 0 Å². The van der Waals surface area contributed by atoms with E-state index < -0.39 is 12.2 Å². The van der Waals surface area contributed by atoms with E-state index in [2.05, 4.69) is 29.7 Å². The Labute approximate surface area is 176 Å². The fourth-order valence-electron chi connectivity index (χ4n) is 4.08. The zero-order valence-electron chi connectivity index (χ0n) is 17.1. The van der Waals surface area contributed by atoms with Crippen LogP contribution in [0.5, 0.6) is 0 Å². The van der Waals surface area contributed by atoms with Crippen molar-refractivity contribution in [2.45, 2.75) is 50.5 Å². The summed E-state index contributed by atoms with van der Waals surface area (Å²) < 4.78 is 11.4. The first-order valence-corrected chi connectivity index (χ1v) is 10.5. The first-order chi connectivity index (χ1) is 14.6. The van der Waals surface area contributed by atoms with E-state index >= 15 is 0 Å². The molecule has 2 heterocycles. The second-order valence-corrected chi connectivity index (χ2v) is 8.15. The summed E-state index contributed by atoms with van der Waals surface area (Å²) in [6.07, 6.45) is -0.324. The molecule has 2 fully saturated rings. The third-order valence-electron chi connectivity index (χ3n) is 5.90. The summed E-state index contributed by atoms with van der Waals surface area (Å²) >= 11 is 0. The molecule has 5 N–H and O–H groups in total. The fourth-order valence-corrected chi connectivity index (χ4v) is 4.08. The summed E-state index contributed by atoms with van der Waals surface area (Å²) in [7, 11) is 0. The molecule has 0 amide bonds. The van der Waals surface area contributed by atoms with Crippen LogP contribution >= 0.6 is 0 Å². The maximum Gasteiger partial charge on any atom is 0.130 e. The SMILES string of the molecule is CC1CC(Nc2ccc(-c3ccc(NC4CC(O)C(CO)O4)cc3)cc2)OC1CO. The number of nitrogens with one attached hydrogen (secondary N) is 2. The molecule has 0 aromatic heterocycles. The first kappa shape index (κ1) is 21.1. The Morgan fingerprint density at radius 2 is 1.23 bits per heavy atom. The van der Waals surface area contributed by atoms with Gasteiger partial charge in [0.25, 0.3) is 0 Å². The van der Waals surface area contributed by atoms with Crippen molar-refractivity contribution >= 4 is 11.4 Å². The lowest BCUT2D eigenvalue weighted by Crippen LogP contribution is -2.25. The minimum atomic E-state index is -0.647. The molecule has 2 aromatic carbocycles. The van der Waals surface area contributed by atoms with Gasteiger partial charge in [0.15, 0.2) is 0 Å². The highest BCUT2D eigenvalue weighted by Crippen LogP contribution is 2.29. The molecular formula is C23H30N2O5. The average Bonchev–Trinajstić information content (AvgIpc) is 3.30. The molecule has 6 atom stereocenters. The first-order valence-electron chi connectivity index (χ1n) is 10.5. The molecule has 2 saturated heterocycles. The van der Waals surface area contributed by atoms with Gasteiger partial charge in [-0.05, 0) is 47.7 Å². The van der Waals surface area contributed by atoms with Crippen LogP contribution in [-0.2, 0) is 9.47 Å². The molecule has 0 bridgehead atoms. The van der Waals surface area contributed by atoms with Crippen LogP contribution in [0.25, 0.3) is 11.1 Å². The normalized spacial score (nSPS) is 31.1. The number of hydrogen-bond donors (Lipinski definition) is 5. The van der Waals surface area contributed by atoms with Gasteiger partial charge in [0.1, 0.15) is 18.6 Å². The van der Waals surface area contributed by atoms with Crippen LogP contribution in [0.2, 0.25) is 0 Å². The van der Waals surface area contributed by atoms with Crippen molar-refractivity contribution in [3.8, 4) is 11.1 Å². The van der Waals surface area contributed by atoms with Crippen LogP contribution in [0.15, 0.2) is 48.5 Å². The lowest BCUT2D eigenvalue weighted by molar-refractivity contribution is -0.0149. The summed E-state index contributed by atoms with van der Waals surface area (Å²) in [6, 6.07) is 16.2. The molecule has 2 aromatic rings. The van der Waals surface area contributed by atoms with Crippen LogP contribution in [-0.4, -0.2) is 59.3 Å². The Hall–Kier alpha value is -2.16. The Kier molecular flexibility index (Phi) is 6.55. The van der Waals surface area contributed by atoms with Gasteiger partial charge in [-0.3, -0.25) is 0 Å². The Morgan fingerprint density at radius 1 is 0.767 bits per heavy atom. The van der Waals surface area contributed by atoms with Gasteiger partial charge in [-0.25, -0.2) is 0 Å². The van der Waals surface area contributed by atoms with Crippen LogP contribution < -0.4 is 10.6 Å². The van der Waals surface area contributed by atoms with Crippen molar-refractivity contribution in [3.63, 3.8) is 0 Å². The van der Waals surface area contributed by atoms with E-state index in [4.69, 9.17) is 9.47 Å². The quantitative estimate of drug-likeness (QED) is 0.474. The fraction of sp³-hybridized carbons (Fsp3) is 0.478. The number of aliphatic hydroxyl groups is 3. The number of rotatable bonds is 7. The van der Waals surface area contributed by atoms with Gasteiger partial charge in [0.05, 0.1) is 25.4 Å². The molecule has 7 heteroatoms. The van der Waals surface area contributed by atoms with Gasteiger partial charge in [0, 0.05) is 17.8 Å². The van der Waals surface area contributed by atoms with Crippen LogP contribution in [0.1, 0.15) is 19.8 Å². The van der Waals surface area contributed by atoms with E-state index in [1.54, 1.807) is 0 Å². The standard InChI is InChI=1S/C23H30N2O5/c1-14-10-22(29-20(14)12-26)24-17-6-2-15(3-7-17)16-4-8-18(9-5-16)25-23-11-19(28)21(13-27)30-23/h2-9,14,19-28H,10-13H2,1H3. The molecule has 2 aliphatic rings. The molecule has 2 aliphatic heterocycles. The van der Waals surface area contributed by atoms with Gasteiger partial charge in [-0.2, -0.15) is 0 Å². The smallest absolute Gasteiger partial charge is 0.130 e. The molecule has 162 valence electrons. The van der Waals surface area contributed by atoms with Gasteiger partial charge < -0.3 is 35.4 Å². The molecule has 0 radical (unpaired) electrons. The summed E-state index contributed by atoms with van der Waals surface area (Å²) in [5.41, 5.74) is 4.09. The minimum absolute atomic E-state index is 0.0542. The van der Waals surface area contributed by atoms with E-state index in [-0.39, 0.29) is 31.8 Å². The van der Waals surface area contributed by atoms with Crippen LogP contribution in [0.3, 0.4) is 0 Å². The van der Waals surface area contributed by atoms with Crippen molar-refractivity contribution in [1.82, 2.24) is 0 Å². The van der Waals surface area contributed by atoms with E-state index in [1.807, 2.05) is 36.4 Å². The topological polar surface area (TPSA) is 103 Å². The number of hydrogen-bond acceptors (Lipinski definition) is 7. The largest absolute Gasteiger partial charge is 0.394 e. The average molecular weight is 415 g/mol. The van der Waals surface area contributed by atoms with Gasteiger partial charge in [-0.15, -0.1) is 0 Å². The highest BCUT2D eigenvalue weighted by molar-refractivity contribution is 5.68. The summed E-state index contributed by atoms with van der Waals surface area (Å²) in [5.74, 6) is 0.339. The Morgan fingerprint density at radius 3 is 1.67 bits per heavy atom. The second-order valence-electron chi connectivity index (χ2n) is 8.15. The number of aliphatic hydroxyl groups excluding tert-OH is 3. The second kappa shape index (κ2) is 9.32. The maximum atomic E-state index is 9.83. The van der Waals surface area contributed by atoms with E-state index in [0.717, 1.165) is 28.9 Å². The molecule has 4 rings (SSSR count). The molecule has 7 nitrogen and oxygen atoms in total. The zero-order chi connectivity index (χ0) is 21.1.